The van der Waals surface area contributed by atoms with Gasteiger partial charge in [-0.15, -0.1) is 0 Å². The fourth-order valence-electron chi connectivity index (χ4n) is 0.985. The zero-order valence-corrected chi connectivity index (χ0v) is 8.97. The lowest BCUT2D eigenvalue weighted by atomic mass is 10.5. The predicted molar refractivity (Wildman–Crippen MR) is 50.5 cm³/mol. The third-order valence-corrected chi connectivity index (χ3v) is 2.35. The highest BCUT2D eigenvalue weighted by Crippen LogP contribution is 2.23. The van der Waals surface area contributed by atoms with Gasteiger partial charge in [0.15, 0.2) is 0 Å². The maximum absolute atomic E-state index is 12.2. The Morgan fingerprint density at radius 1 is 1.56 bits per heavy atom. The maximum Gasteiger partial charge on any atom is 0.406 e. The van der Waals surface area contributed by atoms with Gasteiger partial charge in [-0.2, -0.15) is 17.5 Å². The quantitative estimate of drug-likeness (QED) is 0.878. The van der Waals surface area contributed by atoms with Gasteiger partial charge in [-0.25, -0.2) is 4.98 Å². The summed E-state index contributed by atoms with van der Waals surface area (Å²) in [6.45, 7) is -0.589. The molecule has 0 atom stereocenters. The van der Waals surface area contributed by atoms with E-state index in [1.807, 2.05) is 0 Å². The van der Waals surface area contributed by atoms with Crippen LogP contribution in [0.4, 0.5) is 18.3 Å². The molecule has 5 nitrogen and oxygen atoms in total. The van der Waals surface area contributed by atoms with Crippen molar-refractivity contribution >= 4 is 22.6 Å². The number of halogens is 3. The second kappa shape index (κ2) is 4.64. The van der Waals surface area contributed by atoms with Crippen molar-refractivity contribution in [3.63, 3.8) is 0 Å². The van der Waals surface area contributed by atoms with E-state index in [1.54, 1.807) is 0 Å². The third-order valence-electron chi connectivity index (χ3n) is 1.48. The number of aryl methyl sites for hydroxylation is 1. The standard InChI is InChI=1S/C7H8F3N3O2S/c1-4-11-6(16-12-4)13(2-5(14)15)3-7(8,9)10/h2-3H2,1H3,(H,14,15). The highest BCUT2D eigenvalue weighted by Gasteiger charge is 2.33. The summed E-state index contributed by atoms with van der Waals surface area (Å²) >= 11 is 0.742. The van der Waals surface area contributed by atoms with Gasteiger partial charge >= 0.3 is 12.1 Å². The van der Waals surface area contributed by atoms with Crippen molar-refractivity contribution in [1.29, 1.82) is 0 Å². The van der Waals surface area contributed by atoms with Gasteiger partial charge in [-0.05, 0) is 6.92 Å². The van der Waals surface area contributed by atoms with Crippen LogP contribution in [-0.4, -0.2) is 39.7 Å². The van der Waals surface area contributed by atoms with Crippen LogP contribution in [0, 0.1) is 6.92 Å². The van der Waals surface area contributed by atoms with Crippen LogP contribution in [-0.2, 0) is 4.79 Å². The average Bonchev–Trinajstić information content (AvgIpc) is 2.47. The van der Waals surface area contributed by atoms with E-state index in [4.69, 9.17) is 5.11 Å². The Labute approximate surface area is 92.7 Å². The maximum atomic E-state index is 12.2. The summed E-state index contributed by atoms with van der Waals surface area (Å²) in [5.41, 5.74) is 0. The molecule has 1 heterocycles. The van der Waals surface area contributed by atoms with Crippen LogP contribution in [0.3, 0.4) is 0 Å². The molecular formula is C7H8F3N3O2S. The number of carboxylic acids is 1. The van der Waals surface area contributed by atoms with Crippen molar-refractivity contribution in [2.75, 3.05) is 18.0 Å². The monoisotopic (exact) mass is 255 g/mol. The van der Waals surface area contributed by atoms with Crippen molar-refractivity contribution < 1.29 is 23.1 Å². The smallest absolute Gasteiger partial charge is 0.406 e. The first kappa shape index (κ1) is 12.7. The lowest BCUT2D eigenvalue weighted by molar-refractivity contribution is -0.136. The summed E-state index contributed by atoms with van der Waals surface area (Å²) in [4.78, 5) is 14.8. The minimum absolute atomic E-state index is 0.0442. The number of hydrogen-bond acceptors (Lipinski definition) is 5. The number of rotatable bonds is 4. The second-order valence-electron chi connectivity index (χ2n) is 2.99. The Hall–Kier alpha value is -1.38. The minimum Gasteiger partial charge on any atom is -0.480 e. The van der Waals surface area contributed by atoms with E-state index in [-0.39, 0.29) is 5.13 Å². The topological polar surface area (TPSA) is 66.3 Å². The SMILES string of the molecule is Cc1nsc(N(CC(=O)O)CC(F)(F)F)n1. The summed E-state index contributed by atoms with van der Waals surface area (Å²) in [6, 6.07) is 0. The number of aliphatic carboxylic acids is 1. The summed E-state index contributed by atoms with van der Waals surface area (Å²) < 4.78 is 40.2. The first-order valence-electron chi connectivity index (χ1n) is 4.12. The Morgan fingerprint density at radius 2 is 2.19 bits per heavy atom. The van der Waals surface area contributed by atoms with Crippen molar-refractivity contribution in [3.05, 3.63) is 5.82 Å². The van der Waals surface area contributed by atoms with Crippen LogP contribution >= 0.6 is 11.5 Å². The number of nitrogens with zero attached hydrogens (tertiary/aromatic N) is 3. The number of alkyl halides is 3. The lowest BCUT2D eigenvalue weighted by Gasteiger charge is -2.20. The highest BCUT2D eigenvalue weighted by molar-refractivity contribution is 7.09. The summed E-state index contributed by atoms with van der Waals surface area (Å²) in [5, 5.41) is 8.45. The summed E-state index contributed by atoms with van der Waals surface area (Å²) in [7, 11) is 0. The minimum atomic E-state index is -4.48. The molecule has 0 amide bonds. The van der Waals surface area contributed by atoms with Crippen LogP contribution in [0.5, 0.6) is 0 Å². The number of carboxylic acid groups (broad SMARTS) is 1. The number of hydrogen-bond donors (Lipinski definition) is 1. The summed E-state index contributed by atoms with van der Waals surface area (Å²) in [5.74, 6) is -1.03. The molecule has 0 saturated carbocycles. The first-order valence-corrected chi connectivity index (χ1v) is 4.89. The van der Waals surface area contributed by atoms with E-state index in [1.165, 1.54) is 6.92 Å². The molecule has 0 aliphatic carbocycles. The molecule has 1 aromatic rings. The van der Waals surface area contributed by atoms with Crippen LogP contribution in [0.15, 0.2) is 0 Å². The normalized spacial score (nSPS) is 11.5. The van der Waals surface area contributed by atoms with E-state index in [9.17, 15) is 18.0 Å². The van der Waals surface area contributed by atoms with Crippen LogP contribution in [0.2, 0.25) is 0 Å². The molecule has 0 aliphatic heterocycles. The second-order valence-corrected chi connectivity index (χ2v) is 3.72. The molecule has 0 bridgehead atoms. The Bertz CT molecular complexity index is 379. The zero-order valence-electron chi connectivity index (χ0n) is 8.15. The fourth-order valence-corrected chi connectivity index (χ4v) is 1.66. The van der Waals surface area contributed by atoms with Gasteiger partial charge in [-0.3, -0.25) is 4.79 Å². The van der Waals surface area contributed by atoms with Gasteiger partial charge in [0.1, 0.15) is 18.9 Å². The van der Waals surface area contributed by atoms with Crippen molar-refractivity contribution in [3.8, 4) is 0 Å². The molecule has 16 heavy (non-hydrogen) atoms. The van der Waals surface area contributed by atoms with Gasteiger partial charge < -0.3 is 10.0 Å². The lowest BCUT2D eigenvalue weighted by Crippen LogP contribution is -2.37. The molecular weight excluding hydrogens is 247 g/mol. The van der Waals surface area contributed by atoms with Crippen molar-refractivity contribution in [2.45, 2.75) is 13.1 Å². The Kier molecular flexibility index (Phi) is 3.68. The largest absolute Gasteiger partial charge is 0.480 e. The number of aromatic nitrogens is 2. The van der Waals surface area contributed by atoms with E-state index >= 15 is 0 Å². The van der Waals surface area contributed by atoms with Gasteiger partial charge in [0.2, 0.25) is 5.13 Å². The van der Waals surface area contributed by atoms with Gasteiger partial charge in [-0.1, -0.05) is 0 Å². The molecule has 1 rings (SSSR count). The molecule has 0 aromatic carbocycles. The molecule has 0 aliphatic rings. The molecule has 0 fully saturated rings. The molecule has 0 unspecified atom stereocenters. The molecule has 0 radical (unpaired) electrons. The van der Waals surface area contributed by atoms with E-state index in [2.05, 4.69) is 9.36 Å². The fraction of sp³-hybridized carbons (Fsp3) is 0.571. The van der Waals surface area contributed by atoms with E-state index in [0.717, 1.165) is 11.5 Å². The molecule has 1 N–H and O–H groups in total. The van der Waals surface area contributed by atoms with Crippen LogP contribution in [0.1, 0.15) is 5.82 Å². The molecule has 0 spiro atoms. The van der Waals surface area contributed by atoms with E-state index in [0.29, 0.717) is 10.7 Å². The molecule has 0 saturated heterocycles. The zero-order chi connectivity index (χ0) is 12.3. The van der Waals surface area contributed by atoms with Crippen molar-refractivity contribution in [2.24, 2.45) is 0 Å². The van der Waals surface area contributed by atoms with Crippen molar-refractivity contribution in [1.82, 2.24) is 9.36 Å². The Balaban J connectivity index is 2.83. The number of carbonyl (C=O) groups is 1. The third kappa shape index (κ3) is 4.01. The molecule has 9 heteroatoms. The van der Waals surface area contributed by atoms with Crippen LogP contribution < -0.4 is 4.90 Å². The number of anilines is 1. The van der Waals surface area contributed by atoms with Gasteiger partial charge in [0.25, 0.3) is 0 Å². The van der Waals surface area contributed by atoms with Gasteiger partial charge in [0.05, 0.1) is 0 Å². The predicted octanol–water partition coefficient (Wildman–Crippen LogP) is 1.30. The molecule has 90 valence electrons. The first-order chi connectivity index (χ1) is 7.28. The summed E-state index contributed by atoms with van der Waals surface area (Å²) in [6.07, 6.45) is -4.48. The molecule has 1 aromatic heterocycles. The highest BCUT2D eigenvalue weighted by atomic mass is 32.1. The van der Waals surface area contributed by atoms with E-state index < -0.39 is 25.2 Å². The van der Waals surface area contributed by atoms with Crippen LogP contribution in [0.25, 0.3) is 0 Å². The Morgan fingerprint density at radius 3 is 2.56 bits per heavy atom. The van der Waals surface area contributed by atoms with Gasteiger partial charge in [0, 0.05) is 11.5 Å². The average molecular weight is 255 g/mol.